The van der Waals surface area contributed by atoms with Crippen LogP contribution in [0.2, 0.25) is 0 Å². The molecule has 4 nitrogen and oxygen atoms in total. The Morgan fingerprint density at radius 1 is 1.17 bits per heavy atom. The fourth-order valence-corrected chi connectivity index (χ4v) is 3.58. The highest BCUT2D eigenvalue weighted by atomic mass is 35.5. The van der Waals surface area contributed by atoms with Gasteiger partial charge < -0.3 is 15.5 Å². The fourth-order valence-electron chi connectivity index (χ4n) is 3.58. The van der Waals surface area contributed by atoms with E-state index in [2.05, 4.69) is 9.80 Å². The van der Waals surface area contributed by atoms with Gasteiger partial charge in [-0.05, 0) is 63.4 Å². The van der Waals surface area contributed by atoms with Crippen molar-refractivity contribution in [3.8, 4) is 0 Å². The number of rotatable bonds is 3. The number of nitrogens with zero attached hydrogens (tertiary/aromatic N) is 2. The van der Waals surface area contributed by atoms with Crippen molar-refractivity contribution in [2.45, 2.75) is 38.6 Å². The van der Waals surface area contributed by atoms with Crippen LogP contribution in [0.15, 0.2) is 18.2 Å². The molecule has 0 radical (unpaired) electrons. The fraction of sp³-hybridized carbons (Fsp3) is 0.588. The first-order valence-corrected chi connectivity index (χ1v) is 8.04. The largest absolute Gasteiger partial charge is 0.399 e. The number of halogens is 2. The van der Waals surface area contributed by atoms with Crippen molar-refractivity contribution in [2.75, 3.05) is 31.9 Å². The Bertz CT molecular complexity index is 533. The molecule has 0 spiro atoms. The predicted octanol–water partition coefficient (Wildman–Crippen LogP) is 3.12. The summed E-state index contributed by atoms with van der Waals surface area (Å²) in [5, 5.41) is 0. The van der Waals surface area contributed by atoms with Crippen LogP contribution in [0.5, 0.6) is 0 Å². The minimum Gasteiger partial charge on any atom is -0.399 e. The van der Waals surface area contributed by atoms with Crippen LogP contribution in [0.25, 0.3) is 0 Å². The van der Waals surface area contributed by atoms with E-state index in [9.17, 15) is 4.79 Å². The van der Waals surface area contributed by atoms with Crippen LogP contribution < -0.4 is 5.73 Å². The standard InChI is InChI=1S/C17H25N3O.2ClH/c1-13-6-7-14(18)11-16(13)17(21)20-10-4-5-15(20)12-19-8-2-3-9-19;;/h6-7,11,15H,2-5,8-10,12,18H2,1H3;2*1H. The van der Waals surface area contributed by atoms with Gasteiger partial charge in [-0.15, -0.1) is 24.8 Å². The van der Waals surface area contributed by atoms with Crippen molar-refractivity contribution in [3.63, 3.8) is 0 Å². The highest BCUT2D eigenvalue weighted by Gasteiger charge is 2.31. The Labute approximate surface area is 151 Å². The van der Waals surface area contributed by atoms with Crippen molar-refractivity contribution in [1.29, 1.82) is 0 Å². The third-order valence-corrected chi connectivity index (χ3v) is 4.80. The van der Waals surface area contributed by atoms with Crippen molar-refractivity contribution in [3.05, 3.63) is 29.3 Å². The monoisotopic (exact) mass is 359 g/mol. The van der Waals surface area contributed by atoms with E-state index in [1.54, 1.807) is 0 Å². The Morgan fingerprint density at radius 2 is 1.87 bits per heavy atom. The number of amides is 1. The lowest BCUT2D eigenvalue weighted by Gasteiger charge is -2.29. The van der Waals surface area contributed by atoms with Crippen LogP contribution in [0, 0.1) is 6.92 Å². The molecular weight excluding hydrogens is 333 g/mol. The lowest BCUT2D eigenvalue weighted by molar-refractivity contribution is 0.0708. The highest BCUT2D eigenvalue weighted by molar-refractivity contribution is 5.96. The molecule has 0 bridgehead atoms. The zero-order valence-electron chi connectivity index (χ0n) is 13.7. The summed E-state index contributed by atoms with van der Waals surface area (Å²) in [5.74, 6) is 0.154. The molecule has 1 aromatic carbocycles. The van der Waals surface area contributed by atoms with Gasteiger partial charge in [-0.2, -0.15) is 0 Å². The van der Waals surface area contributed by atoms with Gasteiger partial charge in [0.05, 0.1) is 0 Å². The van der Waals surface area contributed by atoms with E-state index in [1.807, 2.05) is 25.1 Å². The molecular formula is C17H27Cl2N3O. The van der Waals surface area contributed by atoms with Gasteiger partial charge in [0.1, 0.15) is 0 Å². The second-order valence-corrected chi connectivity index (χ2v) is 6.38. The summed E-state index contributed by atoms with van der Waals surface area (Å²) in [6.07, 6.45) is 4.85. The number of likely N-dealkylation sites (tertiary alicyclic amines) is 2. The molecule has 0 aromatic heterocycles. The first kappa shape index (κ1) is 20.1. The smallest absolute Gasteiger partial charge is 0.254 e. The highest BCUT2D eigenvalue weighted by Crippen LogP contribution is 2.24. The number of hydrogen-bond acceptors (Lipinski definition) is 3. The molecule has 23 heavy (non-hydrogen) atoms. The second-order valence-electron chi connectivity index (χ2n) is 6.38. The van der Waals surface area contributed by atoms with Crippen LogP contribution in [0.3, 0.4) is 0 Å². The minimum atomic E-state index is 0. The summed E-state index contributed by atoms with van der Waals surface area (Å²) in [6, 6.07) is 5.99. The maximum Gasteiger partial charge on any atom is 0.254 e. The maximum absolute atomic E-state index is 12.9. The van der Waals surface area contributed by atoms with Crippen LogP contribution >= 0.6 is 24.8 Å². The zero-order chi connectivity index (χ0) is 14.8. The Hall–Kier alpha value is -0.970. The molecule has 2 aliphatic rings. The minimum absolute atomic E-state index is 0. The van der Waals surface area contributed by atoms with Gasteiger partial charge in [-0.3, -0.25) is 4.79 Å². The summed E-state index contributed by atoms with van der Waals surface area (Å²) >= 11 is 0. The molecule has 0 aliphatic carbocycles. The number of aryl methyl sites for hydroxylation is 1. The molecule has 1 amide bonds. The first-order chi connectivity index (χ1) is 10.1. The molecule has 1 atom stereocenters. The number of carbonyl (C=O) groups is 1. The maximum atomic E-state index is 12.9. The summed E-state index contributed by atoms with van der Waals surface area (Å²) < 4.78 is 0. The van der Waals surface area contributed by atoms with E-state index in [-0.39, 0.29) is 30.7 Å². The number of benzene rings is 1. The molecule has 2 N–H and O–H groups in total. The molecule has 2 fully saturated rings. The second kappa shape index (κ2) is 8.76. The molecule has 2 saturated heterocycles. The van der Waals surface area contributed by atoms with Crippen molar-refractivity contribution in [2.24, 2.45) is 0 Å². The average Bonchev–Trinajstić information content (AvgIpc) is 3.13. The molecule has 3 rings (SSSR count). The van der Waals surface area contributed by atoms with Gasteiger partial charge >= 0.3 is 0 Å². The topological polar surface area (TPSA) is 49.6 Å². The molecule has 2 aliphatic heterocycles. The molecule has 1 aromatic rings. The zero-order valence-corrected chi connectivity index (χ0v) is 15.3. The average molecular weight is 360 g/mol. The SMILES string of the molecule is Cc1ccc(N)cc1C(=O)N1CCCC1CN1CCCC1.Cl.Cl. The van der Waals surface area contributed by atoms with Gasteiger partial charge in [0, 0.05) is 30.4 Å². The van der Waals surface area contributed by atoms with Crippen LogP contribution in [-0.4, -0.2) is 47.9 Å². The first-order valence-electron chi connectivity index (χ1n) is 8.04. The van der Waals surface area contributed by atoms with E-state index in [1.165, 1.54) is 25.9 Å². The van der Waals surface area contributed by atoms with E-state index < -0.39 is 0 Å². The van der Waals surface area contributed by atoms with Crippen molar-refractivity contribution < 1.29 is 4.79 Å². The Balaban J connectivity index is 0.00000132. The van der Waals surface area contributed by atoms with Gasteiger partial charge in [-0.25, -0.2) is 0 Å². The van der Waals surface area contributed by atoms with E-state index in [0.29, 0.717) is 11.7 Å². The van der Waals surface area contributed by atoms with Crippen molar-refractivity contribution in [1.82, 2.24) is 9.80 Å². The molecule has 130 valence electrons. The van der Waals surface area contributed by atoms with Crippen LogP contribution in [0.4, 0.5) is 5.69 Å². The predicted molar refractivity (Wildman–Crippen MR) is 99.8 cm³/mol. The summed E-state index contributed by atoms with van der Waals surface area (Å²) in [4.78, 5) is 17.4. The summed E-state index contributed by atoms with van der Waals surface area (Å²) in [6.45, 7) is 6.28. The summed E-state index contributed by atoms with van der Waals surface area (Å²) in [7, 11) is 0. The molecule has 1 unspecified atom stereocenters. The molecule has 0 saturated carbocycles. The summed E-state index contributed by atoms with van der Waals surface area (Å²) in [5.41, 5.74) is 8.30. The Kier molecular flexibility index (Phi) is 7.65. The van der Waals surface area contributed by atoms with Gasteiger partial charge in [-0.1, -0.05) is 6.07 Å². The third kappa shape index (κ3) is 4.52. The normalized spacial score (nSPS) is 20.9. The number of nitrogens with two attached hydrogens (primary N) is 1. The van der Waals surface area contributed by atoms with Gasteiger partial charge in [0.15, 0.2) is 0 Å². The van der Waals surface area contributed by atoms with E-state index in [4.69, 9.17) is 5.73 Å². The number of carbonyl (C=O) groups excluding carboxylic acids is 1. The third-order valence-electron chi connectivity index (χ3n) is 4.80. The lowest BCUT2D eigenvalue weighted by Crippen LogP contribution is -2.42. The van der Waals surface area contributed by atoms with Gasteiger partial charge in [0.25, 0.3) is 5.91 Å². The van der Waals surface area contributed by atoms with Crippen LogP contribution in [0.1, 0.15) is 41.6 Å². The van der Waals surface area contributed by atoms with E-state index >= 15 is 0 Å². The quantitative estimate of drug-likeness (QED) is 0.843. The molecule has 6 heteroatoms. The number of hydrogen-bond donors (Lipinski definition) is 1. The number of nitrogen functional groups attached to an aromatic ring is 1. The lowest BCUT2D eigenvalue weighted by atomic mass is 10.1. The molecule has 2 heterocycles. The van der Waals surface area contributed by atoms with Crippen LogP contribution in [-0.2, 0) is 0 Å². The van der Waals surface area contributed by atoms with Gasteiger partial charge in [0.2, 0.25) is 0 Å². The Morgan fingerprint density at radius 3 is 2.57 bits per heavy atom. The van der Waals surface area contributed by atoms with E-state index in [0.717, 1.165) is 37.1 Å². The van der Waals surface area contributed by atoms with Crippen molar-refractivity contribution >= 4 is 36.4 Å². The number of anilines is 1.